The van der Waals surface area contributed by atoms with Gasteiger partial charge in [-0.25, -0.2) is 9.18 Å². The van der Waals surface area contributed by atoms with Crippen LogP contribution < -0.4 is 10.6 Å². The Balaban J connectivity index is 1.84. The van der Waals surface area contributed by atoms with E-state index in [0.717, 1.165) is 6.07 Å². The van der Waals surface area contributed by atoms with Crippen LogP contribution in [0, 0.1) is 17.7 Å². The number of carbonyl (C=O) groups is 1. The van der Waals surface area contributed by atoms with Crippen LogP contribution in [0.3, 0.4) is 0 Å². The van der Waals surface area contributed by atoms with Crippen LogP contribution in [0.4, 0.5) is 22.4 Å². The van der Waals surface area contributed by atoms with Crippen molar-refractivity contribution in [2.75, 3.05) is 6.54 Å². The summed E-state index contributed by atoms with van der Waals surface area (Å²) in [5.74, 6) is 4.51. The maximum Gasteiger partial charge on any atom is 0.417 e. The number of benzene rings is 2. The third-order valence-electron chi connectivity index (χ3n) is 3.16. The molecule has 2 rings (SSSR count). The molecule has 0 aromatic heterocycles. The first-order valence-corrected chi connectivity index (χ1v) is 7.27. The molecule has 25 heavy (non-hydrogen) atoms. The molecule has 0 radical (unpaired) electrons. The molecule has 0 aliphatic carbocycles. The van der Waals surface area contributed by atoms with Gasteiger partial charge in [0, 0.05) is 12.1 Å². The van der Waals surface area contributed by atoms with Crippen LogP contribution >= 0.6 is 0 Å². The minimum atomic E-state index is -4.48. The SMILES string of the molecule is O=C(NCC#Cc1ccccc1C(F)(F)F)NCc1ccc(F)cc1. The van der Waals surface area contributed by atoms with Crippen molar-refractivity contribution in [3.8, 4) is 11.8 Å². The van der Waals surface area contributed by atoms with Gasteiger partial charge in [0.25, 0.3) is 0 Å². The quantitative estimate of drug-likeness (QED) is 0.643. The van der Waals surface area contributed by atoms with Gasteiger partial charge in [0.1, 0.15) is 5.82 Å². The van der Waals surface area contributed by atoms with E-state index in [1.54, 1.807) is 0 Å². The second-order valence-corrected chi connectivity index (χ2v) is 5.01. The number of rotatable bonds is 3. The summed E-state index contributed by atoms with van der Waals surface area (Å²) < 4.78 is 51.2. The average molecular weight is 350 g/mol. The molecule has 0 spiro atoms. The van der Waals surface area contributed by atoms with Gasteiger partial charge in [0.05, 0.1) is 12.1 Å². The predicted molar refractivity (Wildman–Crippen MR) is 85.0 cm³/mol. The maximum absolute atomic E-state index is 12.8. The van der Waals surface area contributed by atoms with Crippen LogP contribution in [0.15, 0.2) is 48.5 Å². The normalized spacial score (nSPS) is 10.6. The Labute approximate surface area is 142 Å². The summed E-state index contributed by atoms with van der Waals surface area (Å²) in [4.78, 5) is 11.6. The molecular formula is C18H14F4N2O. The van der Waals surface area contributed by atoms with Crippen molar-refractivity contribution < 1.29 is 22.4 Å². The van der Waals surface area contributed by atoms with Gasteiger partial charge >= 0.3 is 12.2 Å². The summed E-state index contributed by atoms with van der Waals surface area (Å²) in [6, 6.07) is 10.1. The highest BCUT2D eigenvalue weighted by atomic mass is 19.4. The van der Waals surface area contributed by atoms with E-state index in [-0.39, 0.29) is 24.5 Å². The number of alkyl halides is 3. The number of hydrogen-bond acceptors (Lipinski definition) is 1. The van der Waals surface area contributed by atoms with E-state index in [1.807, 2.05) is 0 Å². The van der Waals surface area contributed by atoms with Crippen LogP contribution in [0.1, 0.15) is 16.7 Å². The Kier molecular flexibility index (Phi) is 6.01. The van der Waals surface area contributed by atoms with Crippen molar-refractivity contribution in [1.82, 2.24) is 10.6 Å². The highest BCUT2D eigenvalue weighted by molar-refractivity contribution is 5.74. The highest BCUT2D eigenvalue weighted by Gasteiger charge is 2.32. The fraction of sp³-hybridized carbons (Fsp3) is 0.167. The van der Waals surface area contributed by atoms with Crippen molar-refractivity contribution in [2.24, 2.45) is 0 Å². The van der Waals surface area contributed by atoms with Gasteiger partial charge in [0.15, 0.2) is 0 Å². The van der Waals surface area contributed by atoms with Gasteiger partial charge in [-0.1, -0.05) is 36.1 Å². The van der Waals surface area contributed by atoms with Crippen molar-refractivity contribution in [1.29, 1.82) is 0 Å². The smallest absolute Gasteiger partial charge is 0.334 e. The lowest BCUT2D eigenvalue weighted by molar-refractivity contribution is -0.137. The second kappa shape index (κ2) is 8.20. The van der Waals surface area contributed by atoms with E-state index in [0.29, 0.717) is 5.56 Å². The number of halogens is 4. The minimum absolute atomic E-state index is 0.110. The van der Waals surface area contributed by atoms with E-state index < -0.39 is 17.8 Å². The summed E-state index contributed by atoms with van der Waals surface area (Å²) >= 11 is 0. The Bertz CT molecular complexity index is 789. The predicted octanol–water partition coefficient (Wildman–Crippen LogP) is 3.70. The zero-order valence-corrected chi connectivity index (χ0v) is 13.0. The van der Waals surface area contributed by atoms with E-state index >= 15 is 0 Å². The van der Waals surface area contributed by atoms with Gasteiger partial charge in [0.2, 0.25) is 0 Å². The molecule has 3 nitrogen and oxygen atoms in total. The van der Waals surface area contributed by atoms with Crippen LogP contribution in [-0.4, -0.2) is 12.6 Å². The van der Waals surface area contributed by atoms with Gasteiger partial charge in [-0.05, 0) is 29.8 Å². The van der Waals surface area contributed by atoms with E-state index in [9.17, 15) is 22.4 Å². The molecule has 2 aromatic rings. The first-order valence-electron chi connectivity index (χ1n) is 7.27. The lowest BCUT2D eigenvalue weighted by Gasteiger charge is -2.08. The second-order valence-electron chi connectivity index (χ2n) is 5.01. The summed E-state index contributed by atoms with van der Waals surface area (Å²) in [5, 5.41) is 4.95. The molecule has 0 saturated carbocycles. The van der Waals surface area contributed by atoms with Crippen LogP contribution in [0.2, 0.25) is 0 Å². The molecule has 2 N–H and O–H groups in total. The van der Waals surface area contributed by atoms with Crippen LogP contribution in [0.25, 0.3) is 0 Å². The minimum Gasteiger partial charge on any atom is -0.334 e. The highest BCUT2D eigenvalue weighted by Crippen LogP contribution is 2.31. The fourth-order valence-electron chi connectivity index (χ4n) is 1.95. The monoisotopic (exact) mass is 350 g/mol. The summed E-state index contributed by atoms with van der Waals surface area (Å²) in [6.45, 7) is 0.0812. The fourth-order valence-corrected chi connectivity index (χ4v) is 1.95. The molecule has 2 amide bonds. The van der Waals surface area contributed by atoms with E-state index in [4.69, 9.17) is 0 Å². The number of hydrogen-bond donors (Lipinski definition) is 2. The topological polar surface area (TPSA) is 41.1 Å². The zero-order chi connectivity index (χ0) is 18.3. The van der Waals surface area contributed by atoms with E-state index in [2.05, 4.69) is 22.5 Å². The van der Waals surface area contributed by atoms with E-state index in [1.165, 1.54) is 42.5 Å². The molecular weight excluding hydrogens is 336 g/mol. The molecule has 130 valence electrons. The number of urea groups is 1. The lowest BCUT2D eigenvalue weighted by atomic mass is 10.1. The summed E-state index contributed by atoms with van der Waals surface area (Å²) in [7, 11) is 0. The first kappa shape index (κ1) is 18.3. The molecule has 0 saturated heterocycles. The largest absolute Gasteiger partial charge is 0.417 e. The third kappa shape index (κ3) is 5.84. The molecule has 0 aliphatic heterocycles. The number of amides is 2. The molecule has 0 unspecified atom stereocenters. The molecule has 0 bridgehead atoms. The third-order valence-corrected chi connectivity index (χ3v) is 3.16. The zero-order valence-electron chi connectivity index (χ0n) is 13.0. The first-order chi connectivity index (χ1) is 11.9. The molecule has 0 fully saturated rings. The summed E-state index contributed by atoms with van der Waals surface area (Å²) in [5.41, 5.74) is -0.256. The Morgan fingerprint density at radius 2 is 1.68 bits per heavy atom. The molecule has 0 heterocycles. The lowest BCUT2D eigenvalue weighted by Crippen LogP contribution is -2.35. The molecule has 7 heteroatoms. The molecule has 2 aromatic carbocycles. The average Bonchev–Trinajstić information content (AvgIpc) is 2.58. The number of nitrogens with one attached hydrogen (secondary N) is 2. The number of carbonyl (C=O) groups excluding carboxylic acids is 1. The van der Waals surface area contributed by atoms with Crippen molar-refractivity contribution >= 4 is 6.03 Å². The molecule has 0 atom stereocenters. The van der Waals surface area contributed by atoms with Gasteiger partial charge in [-0.3, -0.25) is 0 Å². The maximum atomic E-state index is 12.8. The Morgan fingerprint density at radius 1 is 1.00 bits per heavy atom. The summed E-state index contributed by atoms with van der Waals surface area (Å²) in [6.07, 6.45) is -4.48. The Hall–Kier alpha value is -3.01. The molecule has 0 aliphatic rings. The van der Waals surface area contributed by atoms with Crippen molar-refractivity contribution in [3.05, 3.63) is 71.0 Å². The van der Waals surface area contributed by atoms with Crippen LogP contribution in [-0.2, 0) is 12.7 Å². The van der Waals surface area contributed by atoms with Crippen LogP contribution in [0.5, 0.6) is 0 Å². The van der Waals surface area contributed by atoms with Crippen molar-refractivity contribution in [2.45, 2.75) is 12.7 Å². The standard InChI is InChI=1S/C18H14F4N2O/c19-15-9-7-13(8-10-15)12-24-17(25)23-11-3-5-14-4-1-2-6-16(14)18(20,21)22/h1-2,4,6-10H,11-12H2,(H2,23,24,25). The van der Waals surface area contributed by atoms with Gasteiger partial charge in [-0.2, -0.15) is 13.2 Å². The van der Waals surface area contributed by atoms with Crippen molar-refractivity contribution in [3.63, 3.8) is 0 Å². The Morgan fingerprint density at radius 3 is 2.36 bits per heavy atom. The van der Waals surface area contributed by atoms with Gasteiger partial charge < -0.3 is 10.6 Å². The van der Waals surface area contributed by atoms with Gasteiger partial charge in [-0.15, -0.1) is 0 Å².